The van der Waals surface area contributed by atoms with E-state index in [2.05, 4.69) is 53.7 Å². The van der Waals surface area contributed by atoms with Crippen LogP contribution in [0.5, 0.6) is 0 Å². The first-order chi connectivity index (χ1) is 16.2. The molecule has 0 aliphatic carbocycles. The van der Waals surface area contributed by atoms with Crippen LogP contribution in [0.4, 0.5) is 11.5 Å². The number of hydrogen-bond donors (Lipinski definition) is 1. The molecule has 1 N–H and O–H groups in total. The molecule has 33 heavy (non-hydrogen) atoms. The highest BCUT2D eigenvalue weighted by molar-refractivity contribution is 6.30. The molecule has 0 aliphatic rings. The number of aryl methyl sites for hydroxylation is 1. The van der Waals surface area contributed by atoms with Gasteiger partial charge < -0.3 is 5.32 Å². The second kappa shape index (κ2) is 9.47. The van der Waals surface area contributed by atoms with Crippen molar-refractivity contribution in [2.75, 3.05) is 5.32 Å². The van der Waals surface area contributed by atoms with Gasteiger partial charge in [-0.25, -0.2) is 4.98 Å². The minimum absolute atomic E-state index is 0.706. The summed E-state index contributed by atoms with van der Waals surface area (Å²) in [4.78, 5) is 4.98. The van der Waals surface area contributed by atoms with Gasteiger partial charge in [0.15, 0.2) is 5.65 Å². The largest absolute Gasteiger partial charge is 0.340 e. The molecule has 0 fully saturated rings. The molecule has 2 heterocycles. The standard InChI is InChI=1S/C28H25ClN4/c1-2-3-7-20-10-16-24(17-11-20)31-27-18-26(22-8-5-4-6-9-22)32-28-25(19-30-33(27)28)21-12-14-23(29)15-13-21/h4-6,8-19,31H,2-3,7H2,1H3. The highest BCUT2D eigenvalue weighted by atomic mass is 35.5. The van der Waals surface area contributed by atoms with Crippen molar-refractivity contribution >= 4 is 28.8 Å². The van der Waals surface area contributed by atoms with Gasteiger partial charge in [0, 0.05) is 27.9 Å². The van der Waals surface area contributed by atoms with Crippen molar-refractivity contribution in [3.8, 4) is 22.4 Å². The number of anilines is 2. The van der Waals surface area contributed by atoms with Crippen molar-refractivity contribution in [1.82, 2.24) is 14.6 Å². The van der Waals surface area contributed by atoms with Crippen LogP contribution in [0.1, 0.15) is 25.3 Å². The van der Waals surface area contributed by atoms with Crippen molar-refractivity contribution in [3.63, 3.8) is 0 Å². The molecule has 4 nitrogen and oxygen atoms in total. The number of hydrogen-bond acceptors (Lipinski definition) is 3. The molecule has 2 aromatic heterocycles. The summed E-state index contributed by atoms with van der Waals surface area (Å²) < 4.78 is 1.86. The van der Waals surface area contributed by atoms with Gasteiger partial charge in [0.1, 0.15) is 5.82 Å². The van der Waals surface area contributed by atoms with Gasteiger partial charge >= 0.3 is 0 Å². The van der Waals surface area contributed by atoms with E-state index in [1.807, 2.05) is 59.2 Å². The summed E-state index contributed by atoms with van der Waals surface area (Å²) in [7, 11) is 0. The Morgan fingerprint density at radius 3 is 2.36 bits per heavy atom. The van der Waals surface area contributed by atoms with Gasteiger partial charge in [-0.1, -0.05) is 79.5 Å². The highest BCUT2D eigenvalue weighted by Crippen LogP contribution is 2.30. The average Bonchev–Trinajstić information content (AvgIpc) is 3.29. The molecule has 164 valence electrons. The van der Waals surface area contributed by atoms with E-state index in [1.54, 1.807) is 0 Å². The zero-order valence-corrected chi connectivity index (χ0v) is 19.3. The van der Waals surface area contributed by atoms with Gasteiger partial charge in [0.05, 0.1) is 11.9 Å². The van der Waals surface area contributed by atoms with Crippen molar-refractivity contribution < 1.29 is 0 Å². The molecule has 0 saturated heterocycles. The lowest BCUT2D eigenvalue weighted by atomic mass is 10.1. The van der Waals surface area contributed by atoms with E-state index in [-0.39, 0.29) is 0 Å². The number of rotatable bonds is 7. The van der Waals surface area contributed by atoms with Crippen molar-refractivity contribution in [2.24, 2.45) is 0 Å². The van der Waals surface area contributed by atoms with Crippen LogP contribution < -0.4 is 5.32 Å². The van der Waals surface area contributed by atoms with Crippen LogP contribution in [0.2, 0.25) is 5.02 Å². The monoisotopic (exact) mass is 452 g/mol. The SMILES string of the molecule is CCCCc1ccc(Nc2cc(-c3ccccc3)nc3c(-c4ccc(Cl)cc4)cnn23)cc1. The Morgan fingerprint density at radius 2 is 1.64 bits per heavy atom. The summed E-state index contributed by atoms with van der Waals surface area (Å²) in [6.45, 7) is 2.22. The van der Waals surface area contributed by atoms with Crippen LogP contribution in [-0.4, -0.2) is 14.6 Å². The van der Waals surface area contributed by atoms with Gasteiger partial charge in [-0.3, -0.25) is 0 Å². The van der Waals surface area contributed by atoms with E-state index in [1.165, 1.54) is 18.4 Å². The first-order valence-corrected chi connectivity index (χ1v) is 11.6. The maximum atomic E-state index is 6.10. The molecule has 5 heteroatoms. The molecular weight excluding hydrogens is 428 g/mol. The van der Waals surface area contributed by atoms with E-state index in [9.17, 15) is 0 Å². The van der Waals surface area contributed by atoms with Gasteiger partial charge in [0.25, 0.3) is 0 Å². The number of halogens is 1. The topological polar surface area (TPSA) is 42.2 Å². The van der Waals surface area contributed by atoms with Gasteiger partial charge in [-0.05, 0) is 48.2 Å². The minimum Gasteiger partial charge on any atom is -0.340 e. The van der Waals surface area contributed by atoms with Gasteiger partial charge in [0.2, 0.25) is 0 Å². The average molecular weight is 453 g/mol. The zero-order valence-electron chi connectivity index (χ0n) is 18.5. The lowest BCUT2D eigenvalue weighted by Gasteiger charge is -2.12. The minimum atomic E-state index is 0.706. The molecular formula is C28H25ClN4. The number of nitrogens with zero attached hydrogens (tertiary/aromatic N) is 3. The van der Waals surface area contributed by atoms with Gasteiger partial charge in [-0.15, -0.1) is 0 Å². The first-order valence-electron chi connectivity index (χ1n) is 11.3. The Kier molecular flexibility index (Phi) is 6.09. The third kappa shape index (κ3) is 4.62. The molecule has 5 aromatic rings. The zero-order chi connectivity index (χ0) is 22.6. The third-order valence-electron chi connectivity index (χ3n) is 5.74. The van der Waals surface area contributed by atoms with Gasteiger partial charge in [-0.2, -0.15) is 9.61 Å². The van der Waals surface area contributed by atoms with Crippen LogP contribution in [0, 0.1) is 0 Å². The molecule has 0 radical (unpaired) electrons. The predicted octanol–water partition coefficient (Wildman–Crippen LogP) is 7.80. The second-order valence-electron chi connectivity index (χ2n) is 8.12. The van der Waals surface area contributed by atoms with Crippen LogP contribution in [-0.2, 0) is 6.42 Å². The molecule has 0 atom stereocenters. The fourth-order valence-corrected chi connectivity index (χ4v) is 4.05. The molecule has 0 unspecified atom stereocenters. The molecule has 0 saturated carbocycles. The van der Waals surface area contributed by atoms with Crippen LogP contribution in [0.25, 0.3) is 28.0 Å². The number of fused-ring (bicyclic) bond motifs is 1. The van der Waals surface area contributed by atoms with Crippen LogP contribution >= 0.6 is 11.6 Å². The third-order valence-corrected chi connectivity index (χ3v) is 5.99. The highest BCUT2D eigenvalue weighted by Gasteiger charge is 2.14. The van der Waals surface area contributed by atoms with Crippen LogP contribution in [0.15, 0.2) is 91.1 Å². The summed E-state index contributed by atoms with van der Waals surface area (Å²) >= 11 is 6.10. The Bertz CT molecular complexity index is 1360. The van der Waals surface area contributed by atoms with Crippen LogP contribution in [0.3, 0.4) is 0 Å². The lowest BCUT2D eigenvalue weighted by molar-refractivity contribution is 0.795. The second-order valence-corrected chi connectivity index (χ2v) is 8.56. The smallest absolute Gasteiger partial charge is 0.165 e. The maximum Gasteiger partial charge on any atom is 0.165 e. The predicted molar refractivity (Wildman–Crippen MR) is 137 cm³/mol. The van der Waals surface area contributed by atoms with Crippen molar-refractivity contribution in [1.29, 1.82) is 0 Å². The maximum absolute atomic E-state index is 6.10. The molecule has 0 aliphatic heterocycles. The van der Waals surface area contributed by atoms with E-state index in [4.69, 9.17) is 16.6 Å². The van der Waals surface area contributed by atoms with Crippen molar-refractivity contribution in [2.45, 2.75) is 26.2 Å². The summed E-state index contributed by atoms with van der Waals surface area (Å²) in [6, 6.07) is 28.7. The molecule has 5 rings (SSSR count). The Balaban J connectivity index is 1.59. The van der Waals surface area contributed by atoms with E-state index in [0.29, 0.717) is 5.02 Å². The molecule has 0 spiro atoms. The lowest BCUT2D eigenvalue weighted by Crippen LogP contribution is -2.03. The van der Waals surface area contributed by atoms with E-state index < -0.39 is 0 Å². The number of unbranched alkanes of at least 4 members (excludes halogenated alkanes) is 1. The molecule has 3 aromatic carbocycles. The summed E-state index contributed by atoms with van der Waals surface area (Å²) in [5, 5.41) is 8.93. The summed E-state index contributed by atoms with van der Waals surface area (Å²) in [5.74, 6) is 0.861. The van der Waals surface area contributed by atoms with Crippen molar-refractivity contribution in [3.05, 3.63) is 102 Å². The molecule has 0 amide bonds. The van der Waals surface area contributed by atoms with E-state index >= 15 is 0 Å². The number of aromatic nitrogens is 3. The fraction of sp³-hybridized carbons (Fsp3) is 0.143. The normalized spacial score (nSPS) is 11.1. The quantitative estimate of drug-likeness (QED) is 0.274. The Labute approximate surface area is 198 Å². The summed E-state index contributed by atoms with van der Waals surface area (Å²) in [6.07, 6.45) is 5.38. The van der Waals surface area contributed by atoms with E-state index in [0.717, 1.165) is 46.0 Å². The summed E-state index contributed by atoms with van der Waals surface area (Å²) in [5.41, 5.74) is 7.10. The molecule has 0 bridgehead atoms. The number of nitrogens with one attached hydrogen (secondary N) is 1. The fourth-order valence-electron chi connectivity index (χ4n) is 3.93. The first kappa shape index (κ1) is 21.2. The Morgan fingerprint density at radius 1 is 0.879 bits per heavy atom. The Hall–Kier alpha value is -3.63. The number of benzene rings is 3.